The first-order valence-corrected chi connectivity index (χ1v) is 8.18. The molecule has 1 N–H and O–H groups in total. The lowest BCUT2D eigenvalue weighted by molar-refractivity contribution is -0.131. The summed E-state index contributed by atoms with van der Waals surface area (Å²) in [7, 11) is 0. The number of aliphatic hydroxyl groups excluding tert-OH is 1. The molecule has 19 heavy (non-hydrogen) atoms. The molecule has 2 aliphatic rings. The summed E-state index contributed by atoms with van der Waals surface area (Å²) in [6, 6.07) is 4.45. The van der Waals surface area contributed by atoms with E-state index in [9.17, 15) is 9.90 Å². The lowest BCUT2D eigenvalue weighted by atomic mass is 10.00. The first-order valence-electron chi connectivity index (χ1n) is 6.57. The Morgan fingerprint density at radius 3 is 2.63 bits per heavy atom. The van der Waals surface area contributed by atoms with Gasteiger partial charge in [0.2, 0.25) is 5.91 Å². The molecule has 0 radical (unpaired) electrons. The number of piperidine rings is 1. The Balaban J connectivity index is 1.69. The summed E-state index contributed by atoms with van der Waals surface area (Å²) >= 11 is 5.03. The van der Waals surface area contributed by atoms with Gasteiger partial charge in [-0.2, -0.15) is 0 Å². The molecule has 2 atom stereocenters. The minimum absolute atomic E-state index is 0.0870. The highest BCUT2D eigenvalue weighted by molar-refractivity contribution is 9.11. The van der Waals surface area contributed by atoms with Crippen LogP contribution in [0.4, 0.5) is 0 Å². The van der Waals surface area contributed by atoms with Crippen LogP contribution in [0.5, 0.6) is 0 Å². The van der Waals surface area contributed by atoms with Crippen molar-refractivity contribution in [3.63, 3.8) is 0 Å². The van der Waals surface area contributed by atoms with E-state index in [0.717, 1.165) is 34.3 Å². The number of hydrogen-bond donors (Lipinski definition) is 1. The summed E-state index contributed by atoms with van der Waals surface area (Å²) in [4.78, 5) is 15.3. The molecule has 0 spiro atoms. The molecule has 2 fully saturated rings. The van der Waals surface area contributed by atoms with E-state index in [2.05, 4.69) is 15.9 Å². The monoisotopic (exact) mass is 341 g/mol. The molecule has 2 aliphatic heterocycles. The van der Waals surface area contributed by atoms with E-state index in [0.29, 0.717) is 0 Å². The van der Waals surface area contributed by atoms with Crippen LogP contribution in [0.25, 0.3) is 6.08 Å². The van der Waals surface area contributed by atoms with Gasteiger partial charge in [0.1, 0.15) is 0 Å². The van der Waals surface area contributed by atoms with E-state index in [1.165, 1.54) is 0 Å². The Morgan fingerprint density at radius 1 is 1.37 bits per heavy atom. The smallest absolute Gasteiger partial charge is 0.247 e. The maximum absolute atomic E-state index is 12.3. The van der Waals surface area contributed by atoms with Crippen LogP contribution in [0.2, 0.25) is 0 Å². The fourth-order valence-corrected chi connectivity index (χ4v) is 4.49. The van der Waals surface area contributed by atoms with Crippen LogP contribution in [0.15, 0.2) is 22.0 Å². The second kappa shape index (κ2) is 5.38. The van der Waals surface area contributed by atoms with Gasteiger partial charge < -0.3 is 10.0 Å². The van der Waals surface area contributed by atoms with Crippen LogP contribution in [-0.4, -0.2) is 34.1 Å². The number of nitrogens with zero attached hydrogens (tertiary/aromatic N) is 1. The Bertz CT molecular complexity index is 499. The quantitative estimate of drug-likeness (QED) is 0.840. The molecule has 0 aliphatic carbocycles. The van der Waals surface area contributed by atoms with Gasteiger partial charge in [0.25, 0.3) is 0 Å². The Morgan fingerprint density at radius 2 is 2.05 bits per heavy atom. The summed E-state index contributed by atoms with van der Waals surface area (Å²) in [5, 5.41) is 9.74. The molecule has 5 heteroatoms. The molecule has 1 amide bonds. The number of fused-ring (bicyclic) bond motifs is 2. The molecule has 3 nitrogen and oxygen atoms in total. The topological polar surface area (TPSA) is 40.5 Å². The van der Waals surface area contributed by atoms with Crippen molar-refractivity contribution < 1.29 is 9.90 Å². The zero-order valence-electron chi connectivity index (χ0n) is 10.5. The highest BCUT2D eigenvalue weighted by Gasteiger charge is 2.41. The zero-order valence-corrected chi connectivity index (χ0v) is 12.9. The third kappa shape index (κ3) is 2.78. The number of thiophene rings is 1. The van der Waals surface area contributed by atoms with Crippen LogP contribution in [0, 0.1) is 0 Å². The number of aliphatic hydroxyl groups is 1. The fraction of sp³-hybridized carbons (Fsp3) is 0.500. The first-order chi connectivity index (χ1) is 9.13. The number of hydrogen-bond acceptors (Lipinski definition) is 3. The molecule has 2 saturated heterocycles. The van der Waals surface area contributed by atoms with E-state index < -0.39 is 0 Å². The van der Waals surface area contributed by atoms with Crippen molar-refractivity contribution in [1.29, 1.82) is 0 Å². The Hall–Kier alpha value is -0.650. The minimum atomic E-state index is -0.223. The van der Waals surface area contributed by atoms with Gasteiger partial charge in [0, 0.05) is 23.0 Å². The van der Waals surface area contributed by atoms with Crippen molar-refractivity contribution in [1.82, 2.24) is 4.90 Å². The Labute approximate surface area is 125 Å². The predicted octanol–water partition coefficient (Wildman–Crippen LogP) is 3.04. The van der Waals surface area contributed by atoms with Gasteiger partial charge in [0.05, 0.1) is 9.89 Å². The molecule has 102 valence electrons. The molecule has 3 heterocycles. The summed E-state index contributed by atoms with van der Waals surface area (Å²) in [5.74, 6) is 0.0870. The maximum atomic E-state index is 12.3. The average molecular weight is 342 g/mol. The van der Waals surface area contributed by atoms with Crippen molar-refractivity contribution in [3.05, 3.63) is 26.9 Å². The summed E-state index contributed by atoms with van der Waals surface area (Å²) in [6.45, 7) is 0. The van der Waals surface area contributed by atoms with Crippen molar-refractivity contribution in [2.75, 3.05) is 0 Å². The van der Waals surface area contributed by atoms with Crippen molar-refractivity contribution in [3.8, 4) is 0 Å². The number of carbonyl (C=O) groups is 1. The van der Waals surface area contributed by atoms with Crippen LogP contribution in [-0.2, 0) is 4.79 Å². The summed E-state index contributed by atoms with van der Waals surface area (Å²) in [6.07, 6.45) is 6.86. The van der Waals surface area contributed by atoms with Crippen LogP contribution in [0.1, 0.15) is 30.6 Å². The molecule has 0 aromatic carbocycles. The first kappa shape index (κ1) is 13.3. The van der Waals surface area contributed by atoms with Crippen LogP contribution in [0.3, 0.4) is 0 Å². The van der Waals surface area contributed by atoms with Crippen LogP contribution >= 0.6 is 27.3 Å². The lowest BCUT2D eigenvalue weighted by Gasteiger charge is -2.36. The molecule has 2 unspecified atom stereocenters. The normalized spacial score (nSPS) is 30.2. The molecular weight excluding hydrogens is 326 g/mol. The molecule has 2 bridgehead atoms. The Kier molecular flexibility index (Phi) is 3.78. The van der Waals surface area contributed by atoms with E-state index in [-0.39, 0.29) is 24.1 Å². The van der Waals surface area contributed by atoms with Gasteiger partial charge in [-0.25, -0.2) is 0 Å². The number of halogens is 1. The van der Waals surface area contributed by atoms with Crippen LogP contribution < -0.4 is 0 Å². The van der Waals surface area contributed by atoms with Gasteiger partial charge >= 0.3 is 0 Å². The SMILES string of the molecule is O=C(C=Cc1ccc(Br)s1)N1C2CCC1CC(O)C2. The second-order valence-corrected chi connectivity index (χ2v) is 7.73. The number of amides is 1. The molecule has 3 rings (SSSR count). The lowest BCUT2D eigenvalue weighted by Crippen LogP contribution is -2.47. The number of carbonyl (C=O) groups excluding carboxylic acids is 1. The minimum Gasteiger partial charge on any atom is -0.393 e. The van der Waals surface area contributed by atoms with Crippen molar-refractivity contribution >= 4 is 39.2 Å². The van der Waals surface area contributed by atoms with Gasteiger partial charge in [0.15, 0.2) is 0 Å². The third-order valence-electron chi connectivity index (χ3n) is 3.95. The summed E-state index contributed by atoms with van der Waals surface area (Å²) in [5.41, 5.74) is 0. The largest absolute Gasteiger partial charge is 0.393 e. The van der Waals surface area contributed by atoms with Gasteiger partial charge in [-0.1, -0.05) is 0 Å². The van der Waals surface area contributed by atoms with Crippen molar-refractivity contribution in [2.24, 2.45) is 0 Å². The maximum Gasteiger partial charge on any atom is 0.247 e. The number of rotatable bonds is 2. The van der Waals surface area contributed by atoms with E-state index >= 15 is 0 Å². The molecular formula is C14H16BrNO2S. The van der Waals surface area contributed by atoms with Gasteiger partial charge in [-0.05, 0) is 59.8 Å². The zero-order chi connectivity index (χ0) is 13.4. The van der Waals surface area contributed by atoms with E-state index in [1.54, 1.807) is 17.4 Å². The summed E-state index contributed by atoms with van der Waals surface area (Å²) < 4.78 is 1.07. The third-order valence-corrected chi connectivity index (χ3v) is 5.54. The highest BCUT2D eigenvalue weighted by Crippen LogP contribution is 2.36. The van der Waals surface area contributed by atoms with E-state index in [4.69, 9.17) is 0 Å². The standard InChI is InChI=1S/C14H16BrNO2S/c15-13-5-3-12(19-13)4-6-14(18)16-9-1-2-10(16)8-11(17)7-9/h3-6,9-11,17H,1-2,7-8H2. The highest BCUT2D eigenvalue weighted by atomic mass is 79.9. The second-order valence-electron chi connectivity index (χ2n) is 5.23. The van der Waals surface area contributed by atoms with Gasteiger partial charge in [-0.3, -0.25) is 4.79 Å². The molecule has 1 aromatic rings. The molecule has 1 aromatic heterocycles. The predicted molar refractivity (Wildman–Crippen MR) is 79.9 cm³/mol. The fourth-order valence-electron chi connectivity index (χ4n) is 3.17. The van der Waals surface area contributed by atoms with Gasteiger partial charge in [-0.15, -0.1) is 11.3 Å². The molecule has 0 saturated carbocycles. The average Bonchev–Trinajstić information content (AvgIpc) is 2.89. The van der Waals surface area contributed by atoms with E-state index in [1.807, 2.05) is 23.1 Å². The van der Waals surface area contributed by atoms with Crippen molar-refractivity contribution in [2.45, 2.75) is 43.9 Å².